The van der Waals surface area contributed by atoms with E-state index < -0.39 is 6.36 Å². The molecule has 0 aliphatic heterocycles. The van der Waals surface area contributed by atoms with E-state index in [-0.39, 0.29) is 11.2 Å². The Bertz CT molecular complexity index is 920. The van der Waals surface area contributed by atoms with Crippen LogP contribution in [0.4, 0.5) is 24.0 Å². The van der Waals surface area contributed by atoms with Crippen LogP contribution in [0, 0.1) is 0 Å². The molecule has 0 fully saturated rings. The molecule has 0 radical (unpaired) electrons. The van der Waals surface area contributed by atoms with Gasteiger partial charge >= 0.3 is 6.36 Å². The van der Waals surface area contributed by atoms with Gasteiger partial charge in [0.1, 0.15) is 5.75 Å². The van der Waals surface area contributed by atoms with Crippen LogP contribution in [-0.2, 0) is 11.2 Å². The Kier molecular flexibility index (Phi) is 5.79. The van der Waals surface area contributed by atoms with Crippen LogP contribution in [0.25, 0.3) is 0 Å². The van der Waals surface area contributed by atoms with Gasteiger partial charge in [-0.05, 0) is 24.3 Å². The van der Waals surface area contributed by atoms with E-state index in [1.165, 1.54) is 47.4 Å². The van der Waals surface area contributed by atoms with E-state index in [1.807, 2.05) is 20.8 Å². The van der Waals surface area contributed by atoms with Crippen molar-refractivity contribution in [2.45, 2.75) is 42.6 Å². The fourth-order valence-corrected chi connectivity index (χ4v) is 3.53. The van der Waals surface area contributed by atoms with Gasteiger partial charge in [0.15, 0.2) is 10.2 Å². The van der Waals surface area contributed by atoms with Gasteiger partial charge in [0, 0.05) is 11.1 Å². The van der Waals surface area contributed by atoms with Gasteiger partial charge in [-0.3, -0.25) is 0 Å². The summed E-state index contributed by atoms with van der Waals surface area (Å²) in [6.07, 6.45) is -4.72. The monoisotopic (exact) mass is 431 g/mol. The van der Waals surface area contributed by atoms with E-state index >= 15 is 0 Å². The molecule has 0 saturated carbocycles. The normalized spacial score (nSPS) is 12.2. The molecule has 150 valence electrons. The lowest BCUT2D eigenvalue weighted by Crippen LogP contribution is -2.16. The summed E-state index contributed by atoms with van der Waals surface area (Å²) in [7, 11) is 0. The zero-order chi connectivity index (χ0) is 20.4. The molecule has 7 nitrogen and oxygen atoms in total. The minimum atomic E-state index is -4.72. The van der Waals surface area contributed by atoms with E-state index in [0.717, 1.165) is 0 Å². The van der Waals surface area contributed by atoms with E-state index in [2.05, 4.69) is 30.4 Å². The molecule has 0 aliphatic carbocycles. The van der Waals surface area contributed by atoms with E-state index in [4.69, 9.17) is 4.52 Å². The van der Waals surface area contributed by atoms with Crippen LogP contribution in [-0.4, -0.2) is 26.7 Å². The maximum atomic E-state index is 12.2. The number of alkyl halides is 3. The topological polar surface area (TPSA) is 86.0 Å². The van der Waals surface area contributed by atoms with Gasteiger partial charge in [-0.15, -0.1) is 23.4 Å². The zero-order valence-corrected chi connectivity index (χ0v) is 16.7. The molecule has 0 amide bonds. The van der Waals surface area contributed by atoms with Crippen LogP contribution >= 0.6 is 23.1 Å². The molecule has 0 aliphatic rings. The van der Waals surface area contributed by atoms with Crippen LogP contribution < -0.4 is 10.1 Å². The first-order chi connectivity index (χ1) is 13.1. The van der Waals surface area contributed by atoms with Gasteiger partial charge in [-0.2, -0.15) is 4.98 Å². The highest BCUT2D eigenvalue weighted by atomic mass is 32.2. The molecule has 1 aromatic carbocycles. The molecule has 0 atom stereocenters. The lowest BCUT2D eigenvalue weighted by atomic mass is 9.96. The lowest BCUT2D eigenvalue weighted by molar-refractivity contribution is -0.274. The fraction of sp³-hybridized carbons (Fsp3) is 0.375. The maximum Gasteiger partial charge on any atom is 0.573 e. The Hall–Kier alpha value is -2.34. The van der Waals surface area contributed by atoms with Crippen molar-refractivity contribution in [3.8, 4) is 5.75 Å². The molecule has 2 aromatic heterocycles. The third-order valence-electron chi connectivity index (χ3n) is 3.20. The molecule has 0 bridgehead atoms. The molecule has 0 spiro atoms. The number of anilines is 2. The van der Waals surface area contributed by atoms with Crippen molar-refractivity contribution in [2.75, 3.05) is 5.32 Å². The van der Waals surface area contributed by atoms with Crippen LogP contribution in [0.5, 0.6) is 5.75 Å². The predicted octanol–water partition coefficient (Wildman–Crippen LogP) is 5.15. The van der Waals surface area contributed by atoms with Crippen LogP contribution in [0.15, 0.2) is 33.1 Å². The Balaban J connectivity index is 1.55. The van der Waals surface area contributed by atoms with Crippen LogP contribution in [0.1, 0.15) is 32.5 Å². The quantitative estimate of drug-likeness (QED) is 0.536. The first-order valence-electron chi connectivity index (χ1n) is 8.01. The van der Waals surface area contributed by atoms with Crippen LogP contribution in [0.2, 0.25) is 0 Å². The highest BCUT2D eigenvalue weighted by Gasteiger charge is 2.31. The molecule has 12 heteroatoms. The minimum absolute atomic E-state index is 0.188. The molecule has 3 aromatic rings. The largest absolute Gasteiger partial charge is 0.573 e. The molecule has 28 heavy (non-hydrogen) atoms. The van der Waals surface area contributed by atoms with Crippen molar-refractivity contribution < 1.29 is 22.4 Å². The number of thioether (sulfide) groups is 1. The van der Waals surface area contributed by atoms with Crippen molar-refractivity contribution in [1.29, 1.82) is 0 Å². The Labute approximate surface area is 166 Å². The third-order valence-corrected chi connectivity index (χ3v) is 5.16. The Morgan fingerprint density at radius 2 is 1.86 bits per heavy atom. The number of ether oxygens (including phenoxy) is 1. The highest BCUT2D eigenvalue weighted by molar-refractivity contribution is 8.00. The van der Waals surface area contributed by atoms with Crippen molar-refractivity contribution >= 4 is 33.9 Å². The number of halogens is 3. The first kappa shape index (κ1) is 20.4. The maximum absolute atomic E-state index is 12.2. The van der Waals surface area contributed by atoms with Gasteiger partial charge in [-0.25, -0.2) is 0 Å². The number of hydrogen-bond acceptors (Lipinski definition) is 9. The fourth-order valence-electron chi connectivity index (χ4n) is 1.92. The van der Waals surface area contributed by atoms with Crippen LogP contribution in [0.3, 0.4) is 0 Å². The standard InChI is InChI=1S/C16H16F3N5O2S2/c1-15(2,3)12-21-11(26-24-12)8-27-14-23-22-13(28-14)20-9-4-6-10(7-5-9)25-16(17,18)19/h4-7H,8H2,1-3H3,(H,20,22). The second kappa shape index (κ2) is 7.95. The minimum Gasteiger partial charge on any atom is -0.406 e. The number of benzene rings is 1. The highest BCUT2D eigenvalue weighted by Crippen LogP contribution is 2.31. The summed E-state index contributed by atoms with van der Waals surface area (Å²) in [5, 5.41) is 15.5. The lowest BCUT2D eigenvalue weighted by Gasteiger charge is -2.10. The van der Waals surface area contributed by atoms with Gasteiger partial charge in [-0.1, -0.05) is 49.0 Å². The van der Waals surface area contributed by atoms with E-state index in [1.54, 1.807) is 0 Å². The number of aromatic nitrogens is 4. The second-order valence-corrected chi connectivity index (χ2v) is 8.82. The van der Waals surface area contributed by atoms with E-state index in [9.17, 15) is 13.2 Å². The SMILES string of the molecule is CC(C)(C)c1noc(CSc2nnc(Nc3ccc(OC(F)(F)F)cc3)s2)n1. The number of nitrogens with one attached hydrogen (secondary N) is 1. The number of hydrogen-bond donors (Lipinski definition) is 1. The average molecular weight is 431 g/mol. The first-order valence-corrected chi connectivity index (χ1v) is 9.81. The summed E-state index contributed by atoms with van der Waals surface area (Å²) in [5.74, 6) is 1.31. The summed E-state index contributed by atoms with van der Waals surface area (Å²) in [5.41, 5.74) is 0.376. The summed E-state index contributed by atoms with van der Waals surface area (Å²) in [4.78, 5) is 4.35. The van der Waals surface area contributed by atoms with Gasteiger partial charge in [0.2, 0.25) is 11.0 Å². The Morgan fingerprint density at radius 3 is 2.46 bits per heavy atom. The summed E-state index contributed by atoms with van der Waals surface area (Å²) < 4.78 is 46.3. The molecular weight excluding hydrogens is 415 g/mol. The second-order valence-electron chi connectivity index (χ2n) is 6.62. The molecule has 0 unspecified atom stereocenters. The molecule has 0 saturated heterocycles. The van der Waals surface area contributed by atoms with Crippen molar-refractivity contribution in [3.05, 3.63) is 36.0 Å². The van der Waals surface area contributed by atoms with Gasteiger partial charge in [0.05, 0.1) is 5.75 Å². The summed E-state index contributed by atoms with van der Waals surface area (Å²) in [6, 6.07) is 5.35. The van der Waals surface area contributed by atoms with Crippen molar-refractivity contribution in [2.24, 2.45) is 0 Å². The van der Waals surface area contributed by atoms with Gasteiger partial charge in [0.25, 0.3) is 0 Å². The Morgan fingerprint density at radius 1 is 1.14 bits per heavy atom. The average Bonchev–Trinajstić information content (AvgIpc) is 3.22. The molecule has 2 heterocycles. The number of rotatable bonds is 6. The van der Waals surface area contributed by atoms with Crippen molar-refractivity contribution in [1.82, 2.24) is 20.3 Å². The third kappa shape index (κ3) is 5.83. The number of nitrogens with zero attached hydrogens (tertiary/aromatic N) is 4. The molecule has 1 N–H and O–H groups in total. The zero-order valence-electron chi connectivity index (χ0n) is 15.1. The van der Waals surface area contributed by atoms with E-state index in [0.29, 0.717) is 32.6 Å². The summed E-state index contributed by atoms with van der Waals surface area (Å²) in [6.45, 7) is 6.00. The molecular formula is C16H16F3N5O2S2. The predicted molar refractivity (Wildman–Crippen MR) is 98.9 cm³/mol. The van der Waals surface area contributed by atoms with Gasteiger partial charge < -0.3 is 14.6 Å². The summed E-state index contributed by atoms with van der Waals surface area (Å²) >= 11 is 2.70. The smallest absolute Gasteiger partial charge is 0.406 e. The molecule has 3 rings (SSSR count). The van der Waals surface area contributed by atoms with Crippen molar-refractivity contribution in [3.63, 3.8) is 0 Å².